The molecule has 5 heteroatoms. The molecular formula is C19H29NO4. The van der Waals surface area contributed by atoms with E-state index in [0.717, 1.165) is 5.56 Å². The number of carbonyl (C=O) groups is 2. The van der Waals surface area contributed by atoms with Crippen LogP contribution < -0.4 is 5.32 Å². The topological polar surface area (TPSA) is 64.6 Å². The Hall–Kier alpha value is -2.04. The predicted molar refractivity (Wildman–Crippen MR) is 94.2 cm³/mol. The number of carbonyl (C=O) groups excluding carboxylic acids is 2. The molecule has 24 heavy (non-hydrogen) atoms. The second kappa shape index (κ2) is 8.18. The lowest BCUT2D eigenvalue weighted by molar-refractivity contribution is 0.00679. The van der Waals surface area contributed by atoms with E-state index in [4.69, 9.17) is 9.47 Å². The quantitative estimate of drug-likeness (QED) is 0.650. The molecule has 0 radical (unpaired) electrons. The van der Waals surface area contributed by atoms with E-state index < -0.39 is 17.3 Å². The molecule has 134 valence electrons. The van der Waals surface area contributed by atoms with Crippen LogP contribution in [0.2, 0.25) is 0 Å². The number of alkyl carbamates (subject to hydrolysis) is 1. The zero-order chi connectivity index (χ0) is 18.4. The van der Waals surface area contributed by atoms with Crippen LogP contribution in [0.5, 0.6) is 0 Å². The number of rotatable bonds is 5. The van der Waals surface area contributed by atoms with Gasteiger partial charge in [-0.3, -0.25) is 0 Å². The second-order valence-corrected chi connectivity index (χ2v) is 7.69. The molecule has 1 rings (SSSR count). The molecular weight excluding hydrogens is 306 g/mol. The van der Waals surface area contributed by atoms with Crippen molar-refractivity contribution in [1.29, 1.82) is 0 Å². The third-order valence-electron chi connectivity index (χ3n) is 2.93. The first kappa shape index (κ1) is 20.0. The largest absolute Gasteiger partial charge is 0.456 e. The smallest absolute Gasteiger partial charge is 0.407 e. The van der Waals surface area contributed by atoms with E-state index in [1.807, 2.05) is 59.7 Å². The molecule has 1 aromatic carbocycles. The lowest BCUT2D eigenvalue weighted by Gasteiger charge is -2.21. The van der Waals surface area contributed by atoms with E-state index in [2.05, 4.69) is 5.32 Å². The van der Waals surface area contributed by atoms with Gasteiger partial charge in [-0.25, -0.2) is 9.59 Å². The molecule has 1 amide bonds. The van der Waals surface area contributed by atoms with Crippen LogP contribution >= 0.6 is 0 Å². The fourth-order valence-corrected chi connectivity index (χ4v) is 2.05. The zero-order valence-corrected chi connectivity index (χ0v) is 15.6. The molecule has 0 aliphatic carbocycles. The highest BCUT2D eigenvalue weighted by atomic mass is 16.6. The van der Waals surface area contributed by atoms with Gasteiger partial charge in [-0.1, -0.05) is 18.2 Å². The van der Waals surface area contributed by atoms with Gasteiger partial charge in [-0.2, -0.15) is 0 Å². The van der Waals surface area contributed by atoms with E-state index in [0.29, 0.717) is 24.9 Å². The zero-order valence-electron chi connectivity index (χ0n) is 15.6. The van der Waals surface area contributed by atoms with Gasteiger partial charge in [0.2, 0.25) is 0 Å². The van der Waals surface area contributed by atoms with Crippen molar-refractivity contribution in [1.82, 2.24) is 5.32 Å². The van der Waals surface area contributed by atoms with Crippen LogP contribution in [0.15, 0.2) is 24.3 Å². The average Bonchev–Trinajstić information content (AvgIpc) is 2.40. The predicted octanol–water partition coefficient (Wildman–Crippen LogP) is 4.10. The number of amides is 1. The number of hydrogen-bond donors (Lipinski definition) is 1. The van der Waals surface area contributed by atoms with Crippen molar-refractivity contribution < 1.29 is 19.1 Å². The van der Waals surface area contributed by atoms with Gasteiger partial charge in [0.1, 0.15) is 11.2 Å². The summed E-state index contributed by atoms with van der Waals surface area (Å²) in [6.07, 6.45) is 0.951. The van der Waals surface area contributed by atoms with Crippen molar-refractivity contribution in [2.45, 2.75) is 65.6 Å². The van der Waals surface area contributed by atoms with E-state index in [1.54, 1.807) is 6.07 Å². The maximum absolute atomic E-state index is 12.3. The number of esters is 1. The first-order valence-corrected chi connectivity index (χ1v) is 8.26. The van der Waals surface area contributed by atoms with Crippen LogP contribution in [0.25, 0.3) is 0 Å². The molecule has 0 spiro atoms. The normalized spacial score (nSPS) is 11.8. The van der Waals surface area contributed by atoms with Crippen LogP contribution in [0, 0.1) is 0 Å². The number of benzene rings is 1. The van der Waals surface area contributed by atoms with Crippen LogP contribution in [-0.4, -0.2) is 29.8 Å². The van der Waals surface area contributed by atoms with E-state index in [1.165, 1.54) is 0 Å². The van der Waals surface area contributed by atoms with Crippen LogP contribution in [0.4, 0.5) is 4.79 Å². The Balaban J connectivity index is 2.54. The molecule has 0 aromatic heterocycles. The van der Waals surface area contributed by atoms with Crippen molar-refractivity contribution in [3.8, 4) is 0 Å². The van der Waals surface area contributed by atoms with Gasteiger partial charge in [0.15, 0.2) is 0 Å². The Kier molecular flexibility index (Phi) is 6.81. The van der Waals surface area contributed by atoms with Crippen LogP contribution in [0.3, 0.4) is 0 Å². The highest BCUT2D eigenvalue weighted by molar-refractivity contribution is 5.91. The second-order valence-electron chi connectivity index (χ2n) is 7.69. The lowest BCUT2D eigenvalue weighted by Crippen LogP contribution is -2.33. The van der Waals surface area contributed by atoms with Crippen molar-refractivity contribution in [2.75, 3.05) is 6.54 Å². The molecule has 0 bridgehead atoms. The highest BCUT2D eigenvalue weighted by Gasteiger charge is 2.20. The SMILES string of the molecule is CC(C)(C)OC(=O)NCCCc1ccccc1C(=O)OC(C)(C)C. The lowest BCUT2D eigenvalue weighted by atomic mass is 10.0. The van der Waals surface area contributed by atoms with Gasteiger partial charge in [-0.05, 0) is 66.0 Å². The maximum atomic E-state index is 12.3. The summed E-state index contributed by atoms with van der Waals surface area (Å²) in [5, 5.41) is 2.72. The van der Waals surface area contributed by atoms with Gasteiger partial charge < -0.3 is 14.8 Å². The first-order chi connectivity index (χ1) is 11.0. The van der Waals surface area contributed by atoms with Gasteiger partial charge in [-0.15, -0.1) is 0 Å². The van der Waals surface area contributed by atoms with E-state index >= 15 is 0 Å². The van der Waals surface area contributed by atoms with Gasteiger partial charge in [0.05, 0.1) is 5.56 Å². The Labute approximate surface area is 144 Å². The van der Waals surface area contributed by atoms with Crippen molar-refractivity contribution in [3.63, 3.8) is 0 Å². The third-order valence-corrected chi connectivity index (χ3v) is 2.93. The molecule has 1 N–H and O–H groups in total. The Morgan fingerprint density at radius 3 is 2.12 bits per heavy atom. The van der Waals surface area contributed by atoms with E-state index in [9.17, 15) is 9.59 Å². The van der Waals surface area contributed by atoms with Gasteiger partial charge in [0.25, 0.3) is 0 Å². The number of ether oxygens (including phenoxy) is 2. The van der Waals surface area contributed by atoms with Crippen LogP contribution in [0.1, 0.15) is 63.9 Å². The molecule has 0 aliphatic rings. The Morgan fingerprint density at radius 2 is 1.54 bits per heavy atom. The van der Waals surface area contributed by atoms with Gasteiger partial charge >= 0.3 is 12.1 Å². The summed E-state index contributed by atoms with van der Waals surface area (Å²) in [5.41, 5.74) is 0.456. The maximum Gasteiger partial charge on any atom is 0.407 e. The summed E-state index contributed by atoms with van der Waals surface area (Å²) in [6, 6.07) is 7.39. The molecule has 0 atom stereocenters. The summed E-state index contributed by atoms with van der Waals surface area (Å²) in [7, 11) is 0. The third kappa shape index (κ3) is 7.99. The molecule has 0 saturated carbocycles. The summed E-state index contributed by atoms with van der Waals surface area (Å²) >= 11 is 0. The molecule has 0 unspecified atom stereocenters. The van der Waals surface area contributed by atoms with Gasteiger partial charge in [0, 0.05) is 6.54 Å². The molecule has 1 aromatic rings. The minimum Gasteiger partial charge on any atom is -0.456 e. The van der Waals surface area contributed by atoms with E-state index in [-0.39, 0.29) is 5.97 Å². The Bertz CT molecular complexity index is 567. The molecule has 0 fully saturated rings. The minimum atomic E-state index is -0.525. The summed E-state index contributed by atoms with van der Waals surface area (Å²) < 4.78 is 10.6. The highest BCUT2D eigenvalue weighted by Crippen LogP contribution is 2.17. The van der Waals surface area contributed by atoms with Crippen LogP contribution in [-0.2, 0) is 15.9 Å². The minimum absolute atomic E-state index is 0.321. The molecule has 5 nitrogen and oxygen atoms in total. The molecule has 0 saturated heterocycles. The number of hydrogen-bond acceptors (Lipinski definition) is 4. The Morgan fingerprint density at radius 1 is 0.958 bits per heavy atom. The first-order valence-electron chi connectivity index (χ1n) is 8.26. The number of nitrogens with one attached hydrogen (secondary N) is 1. The fraction of sp³-hybridized carbons (Fsp3) is 0.579. The number of aryl methyl sites for hydroxylation is 1. The summed E-state index contributed by atoms with van der Waals surface area (Å²) in [4.78, 5) is 23.9. The average molecular weight is 335 g/mol. The summed E-state index contributed by atoms with van der Waals surface area (Å²) in [5.74, 6) is -0.321. The molecule has 0 aliphatic heterocycles. The summed E-state index contributed by atoms with van der Waals surface area (Å²) in [6.45, 7) is 11.5. The fourth-order valence-electron chi connectivity index (χ4n) is 2.05. The van der Waals surface area contributed by atoms with Crippen molar-refractivity contribution >= 4 is 12.1 Å². The standard InChI is InChI=1S/C19H29NO4/c1-18(2,3)23-16(21)15-12-8-7-10-14(15)11-9-13-20-17(22)24-19(4,5)6/h7-8,10,12H,9,11,13H2,1-6H3,(H,20,22). The molecule has 0 heterocycles. The monoisotopic (exact) mass is 335 g/mol. The van der Waals surface area contributed by atoms with Crippen molar-refractivity contribution in [3.05, 3.63) is 35.4 Å². The van der Waals surface area contributed by atoms with Crippen molar-refractivity contribution in [2.24, 2.45) is 0 Å².